The van der Waals surface area contributed by atoms with Crippen LogP contribution in [0.4, 0.5) is 13.2 Å². The van der Waals surface area contributed by atoms with Gasteiger partial charge in [-0.1, -0.05) is 6.92 Å². The fourth-order valence-electron chi connectivity index (χ4n) is 2.22. The van der Waals surface area contributed by atoms with Gasteiger partial charge in [-0.15, -0.1) is 0 Å². The van der Waals surface area contributed by atoms with Crippen molar-refractivity contribution in [1.29, 1.82) is 0 Å². The molecule has 1 N–H and O–H groups in total. The lowest BCUT2D eigenvalue weighted by molar-refractivity contribution is -0.159. The van der Waals surface area contributed by atoms with Gasteiger partial charge in [0.1, 0.15) is 5.54 Å². The first-order chi connectivity index (χ1) is 9.85. The van der Waals surface area contributed by atoms with E-state index in [4.69, 9.17) is 9.47 Å². The van der Waals surface area contributed by atoms with Crippen LogP contribution in [-0.4, -0.2) is 44.0 Å². The van der Waals surface area contributed by atoms with Gasteiger partial charge in [-0.3, -0.25) is 5.32 Å². The predicted molar refractivity (Wildman–Crippen MR) is 71.9 cm³/mol. The highest BCUT2D eigenvalue weighted by molar-refractivity contribution is 5.82. The van der Waals surface area contributed by atoms with E-state index >= 15 is 0 Å². The van der Waals surface area contributed by atoms with Crippen molar-refractivity contribution in [2.75, 3.05) is 26.4 Å². The summed E-state index contributed by atoms with van der Waals surface area (Å²) in [6.45, 7) is 3.99. The molecule has 0 aromatic heterocycles. The van der Waals surface area contributed by atoms with Gasteiger partial charge in [0.05, 0.1) is 26.2 Å². The molecular weight excluding hydrogens is 287 g/mol. The van der Waals surface area contributed by atoms with Crippen LogP contribution < -0.4 is 5.32 Å². The Balaban J connectivity index is 2.63. The number of hydrogen-bond donors (Lipinski definition) is 1. The molecule has 0 aromatic carbocycles. The minimum atomic E-state index is -4.25. The normalized spacial score (nSPS) is 18.3. The quantitative estimate of drug-likeness (QED) is 0.498. The molecule has 1 unspecified atom stereocenters. The van der Waals surface area contributed by atoms with Gasteiger partial charge < -0.3 is 9.47 Å². The zero-order valence-corrected chi connectivity index (χ0v) is 12.6. The summed E-state index contributed by atoms with van der Waals surface area (Å²) in [6, 6.07) is 0. The lowest BCUT2D eigenvalue weighted by Crippen LogP contribution is -2.58. The highest BCUT2D eigenvalue weighted by Crippen LogP contribution is 2.41. The highest BCUT2D eigenvalue weighted by atomic mass is 19.4. The fraction of sp³-hybridized carbons (Fsp3) is 0.929. The molecule has 7 heteroatoms. The van der Waals surface area contributed by atoms with Crippen molar-refractivity contribution in [2.24, 2.45) is 5.92 Å². The van der Waals surface area contributed by atoms with Crippen LogP contribution in [0.1, 0.15) is 39.5 Å². The number of esters is 1. The lowest BCUT2D eigenvalue weighted by Gasteiger charge is -2.32. The van der Waals surface area contributed by atoms with Gasteiger partial charge in [0, 0.05) is 0 Å². The summed E-state index contributed by atoms with van der Waals surface area (Å²) < 4.78 is 46.7. The maximum Gasteiger partial charge on any atom is 0.391 e. The van der Waals surface area contributed by atoms with Crippen molar-refractivity contribution in [3.63, 3.8) is 0 Å². The molecule has 0 bridgehead atoms. The monoisotopic (exact) mass is 311 g/mol. The first-order valence-electron chi connectivity index (χ1n) is 7.42. The van der Waals surface area contributed by atoms with Crippen LogP contribution in [-0.2, 0) is 14.3 Å². The summed E-state index contributed by atoms with van der Waals surface area (Å²) in [5.74, 6) is -0.345. The van der Waals surface area contributed by atoms with E-state index in [0.29, 0.717) is 6.54 Å². The molecule has 1 aliphatic carbocycles. The van der Waals surface area contributed by atoms with E-state index in [0.717, 1.165) is 19.3 Å². The largest absolute Gasteiger partial charge is 0.465 e. The average molecular weight is 311 g/mol. The standard InChI is InChI=1S/C14H24F3NO3/c1-3-8-18-13(11-5-6-11,12(19)21-4-2)10-20-9-7-14(15,16)17/h11,18H,3-10H2,1-2H3. The third kappa shape index (κ3) is 5.82. The summed E-state index contributed by atoms with van der Waals surface area (Å²) in [4.78, 5) is 12.3. The fourth-order valence-corrected chi connectivity index (χ4v) is 2.22. The number of hydrogen-bond acceptors (Lipinski definition) is 4. The van der Waals surface area contributed by atoms with Gasteiger partial charge >= 0.3 is 12.1 Å². The second-order valence-electron chi connectivity index (χ2n) is 5.31. The number of ether oxygens (including phenoxy) is 2. The molecule has 0 heterocycles. The van der Waals surface area contributed by atoms with E-state index in [2.05, 4.69) is 5.32 Å². The first kappa shape index (κ1) is 18.2. The Labute approximate surface area is 123 Å². The number of nitrogens with one attached hydrogen (secondary N) is 1. The molecule has 0 aliphatic heterocycles. The summed E-state index contributed by atoms with van der Waals surface area (Å²) in [7, 11) is 0. The van der Waals surface area contributed by atoms with Crippen LogP contribution in [0.5, 0.6) is 0 Å². The number of alkyl halides is 3. The predicted octanol–water partition coefficient (Wildman–Crippen LogP) is 2.67. The Hall–Kier alpha value is -0.820. The molecule has 0 amide bonds. The third-order valence-corrected chi connectivity index (χ3v) is 3.46. The smallest absolute Gasteiger partial charge is 0.391 e. The maximum atomic E-state index is 12.3. The molecule has 1 aliphatic rings. The zero-order valence-electron chi connectivity index (χ0n) is 12.6. The molecule has 1 saturated carbocycles. The van der Waals surface area contributed by atoms with Crippen molar-refractivity contribution in [1.82, 2.24) is 5.32 Å². The molecule has 4 nitrogen and oxygen atoms in total. The molecule has 124 valence electrons. The minimum Gasteiger partial charge on any atom is -0.465 e. The molecule has 1 rings (SSSR count). The second kappa shape index (κ2) is 7.98. The SMILES string of the molecule is CCCNC(COCCC(F)(F)F)(C(=O)OCC)C1CC1. The second-order valence-corrected chi connectivity index (χ2v) is 5.31. The van der Waals surface area contributed by atoms with Crippen LogP contribution in [0.15, 0.2) is 0 Å². The number of rotatable bonds is 10. The topological polar surface area (TPSA) is 47.6 Å². The van der Waals surface area contributed by atoms with E-state index in [1.165, 1.54) is 0 Å². The van der Waals surface area contributed by atoms with E-state index < -0.39 is 30.7 Å². The summed E-state index contributed by atoms with van der Waals surface area (Å²) in [5.41, 5.74) is -1.00. The molecule has 0 saturated heterocycles. The Kier molecular flexibility index (Phi) is 6.93. The van der Waals surface area contributed by atoms with Gasteiger partial charge in [-0.25, -0.2) is 4.79 Å². The van der Waals surface area contributed by atoms with Gasteiger partial charge in [0.25, 0.3) is 0 Å². The average Bonchev–Trinajstić information content (AvgIpc) is 3.22. The summed E-state index contributed by atoms with van der Waals surface area (Å²) >= 11 is 0. The lowest BCUT2D eigenvalue weighted by atomic mass is 9.93. The Bertz CT molecular complexity index is 332. The molecular formula is C14H24F3NO3. The van der Waals surface area contributed by atoms with E-state index in [9.17, 15) is 18.0 Å². The first-order valence-corrected chi connectivity index (χ1v) is 7.42. The van der Waals surface area contributed by atoms with E-state index in [-0.39, 0.29) is 19.1 Å². The van der Waals surface area contributed by atoms with Crippen LogP contribution in [0.3, 0.4) is 0 Å². The zero-order chi connectivity index (χ0) is 15.9. The van der Waals surface area contributed by atoms with E-state index in [1.807, 2.05) is 6.92 Å². The minimum absolute atomic E-state index is 0.0768. The molecule has 0 aromatic rings. The van der Waals surface area contributed by atoms with Crippen molar-refractivity contribution >= 4 is 5.97 Å². The molecule has 21 heavy (non-hydrogen) atoms. The number of halogens is 3. The van der Waals surface area contributed by atoms with Gasteiger partial charge in [0.15, 0.2) is 0 Å². The van der Waals surface area contributed by atoms with Crippen molar-refractivity contribution in [2.45, 2.75) is 51.2 Å². The molecule has 0 radical (unpaired) electrons. The Morgan fingerprint density at radius 3 is 2.43 bits per heavy atom. The number of carbonyl (C=O) groups is 1. The van der Waals surface area contributed by atoms with Gasteiger partial charge in [-0.05, 0) is 38.6 Å². The maximum absolute atomic E-state index is 12.3. The molecule has 1 atom stereocenters. The van der Waals surface area contributed by atoms with Crippen LogP contribution in [0.25, 0.3) is 0 Å². The highest BCUT2D eigenvalue weighted by Gasteiger charge is 2.52. The molecule has 0 spiro atoms. The van der Waals surface area contributed by atoms with Crippen LogP contribution in [0, 0.1) is 5.92 Å². The van der Waals surface area contributed by atoms with Gasteiger partial charge in [-0.2, -0.15) is 13.2 Å². The third-order valence-electron chi connectivity index (χ3n) is 3.46. The Morgan fingerprint density at radius 1 is 1.29 bits per heavy atom. The van der Waals surface area contributed by atoms with Crippen LogP contribution in [0.2, 0.25) is 0 Å². The summed E-state index contributed by atoms with van der Waals surface area (Å²) in [6.07, 6.45) is -2.72. The number of carbonyl (C=O) groups excluding carboxylic acids is 1. The Morgan fingerprint density at radius 2 is 1.95 bits per heavy atom. The van der Waals surface area contributed by atoms with Crippen molar-refractivity contribution in [3.05, 3.63) is 0 Å². The summed E-state index contributed by atoms with van der Waals surface area (Å²) in [5, 5.41) is 3.15. The molecule has 1 fully saturated rings. The van der Waals surface area contributed by atoms with Gasteiger partial charge in [0.2, 0.25) is 0 Å². The van der Waals surface area contributed by atoms with Crippen LogP contribution >= 0.6 is 0 Å². The van der Waals surface area contributed by atoms with Crippen molar-refractivity contribution < 1.29 is 27.4 Å². The van der Waals surface area contributed by atoms with Crippen molar-refractivity contribution in [3.8, 4) is 0 Å². The van der Waals surface area contributed by atoms with E-state index in [1.54, 1.807) is 6.92 Å².